The zero-order valence-corrected chi connectivity index (χ0v) is 16.3. The SMILES string of the molecule is O=C(O)CCCCC[n+]1ccc(-c2cc[n+](CCCCCC(=O)O)cc2)cc1. The summed E-state index contributed by atoms with van der Waals surface area (Å²) in [6, 6.07) is 8.40. The minimum Gasteiger partial charge on any atom is -0.481 e. The molecular formula is C22H30N2O4+2. The fourth-order valence-electron chi connectivity index (χ4n) is 3.09. The van der Waals surface area contributed by atoms with Gasteiger partial charge in [-0.2, -0.15) is 0 Å². The van der Waals surface area contributed by atoms with Crippen LogP contribution in [0.5, 0.6) is 0 Å². The van der Waals surface area contributed by atoms with Crippen molar-refractivity contribution in [3.8, 4) is 11.1 Å². The molecule has 0 fully saturated rings. The van der Waals surface area contributed by atoms with Crippen molar-refractivity contribution in [2.45, 2.75) is 64.5 Å². The van der Waals surface area contributed by atoms with Crippen LogP contribution in [0.3, 0.4) is 0 Å². The van der Waals surface area contributed by atoms with Gasteiger partial charge in [-0.05, 0) is 36.8 Å². The van der Waals surface area contributed by atoms with Crippen LogP contribution in [0.1, 0.15) is 51.4 Å². The predicted molar refractivity (Wildman–Crippen MR) is 104 cm³/mol. The summed E-state index contributed by atoms with van der Waals surface area (Å²) in [6.45, 7) is 1.80. The average Bonchev–Trinajstić information content (AvgIpc) is 2.68. The largest absolute Gasteiger partial charge is 0.481 e. The van der Waals surface area contributed by atoms with Crippen molar-refractivity contribution in [3.63, 3.8) is 0 Å². The Morgan fingerprint density at radius 2 is 0.964 bits per heavy atom. The molecule has 0 amide bonds. The van der Waals surface area contributed by atoms with E-state index in [9.17, 15) is 9.59 Å². The fraction of sp³-hybridized carbons (Fsp3) is 0.455. The van der Waals surface area contributed by atoms with E-state index in [4.69, 9.17) is 10.2 Å². The van der Waals surface area contributed by atoms with E-state index >= 15 is 0 Å². The van der Waals surface area contributed by atoms with E-state index in [1.165, 1.54) is 0 Å². The van der Waals surface area contributed by atoms with Crippen molar-refractivity contribution in [2.75, 3.05) is 0 Å². The lowest BCUT2D eigenvalue weighted by Crippen LogP contribution is -2.33. The van der Waals surface area contributed by atoms with Gasteiger partial charge in [0.2, 0.25) is 0 Å². The maximum absolute atomic E-state index is 10.5. The molecule has 0 aliphatic carbocycles. The average molecular weight is 386 g/mol. The van der Waals surface area contributed by atoms with Crippen LogP contribution < -0.4 is 9.13 Å². The second kappa shape index (κ2) is 11.8. The summed E-state index contributed by atoms with van der Waals surface area (Å²) in [7, 11) is 0. The zero-order valence-electron chi connectivity index (χ0n) is 16.3. The number of nitrogens with zero attached hydrogens (tertiary/aromatic N) is 2. The van der Waals surface area contributed by atoms with E-state index in [1.54, 1.807) is 0 Å². The third-order valence-corrected chi connectivity index (χ3v) is 4.73. The van der Waals surface area contributed by atoms with E-state index in [-0.39, 0.29) is 12.8 Å². The van der Waals surface area contributed by atoms with Gasteiger partial charge in [0.25, 0.3) is 0 Å². The topological polar surface area (TPSA) is 82.4 Å². The van der Waals surface area contributed by atoms with Crippen LogP contribution in [0.4, 0.5) is 0 Å². The Kier molecular flexibility index (Phi) is 9.11. The molecule has 150 valence electrons. The van der Waals surface area contributed by atoms with Crippen molar-refractivity contribution in [1.29, 1.82) is 0 Å². The van der Waals surface area contributed by atoms with Crippen molar-refractivity contribution >= 4 is 11.9 Å². The molecule has 2 aromatic rings. The predicted octanol–water partition coefficient (Wildman–Crippen LogP) is 3.22. The van der Waals surface area contributed by atoms with Gasteiger partial charge < -0.3 is 10.2 Å². The molecular weight excluding hydrogens is 356 g/mol. The molecule has 0 aliphatic rings. The second-order valence-corrected chi connectivity index (χ2v) is 7.06. The summed E-state index contributed by atoms with van der Waals surface area (Å²) in [5.74, 6) is -1.45. The van der Waals surface area contributed by atoms with Crippen LogP contribution >= 0.6 is 0 Å². The van der Waals surface area contributed by atoms with Crippen LogP contribution in [0.2, 0.25) is 0 Å². The summed E-state index contributed by atoms with van der Waals surface area (Å²) in [6.07, 6.45) is 14.0. The molecule has 28 heavy (non-hydrogen) atoms. The normalized spacial score (nSPS) is 10.7. The minimum absolute atomic E-state index is 0.250. The number of aliphatic carboxylic acids is 2. The summed E-state index contributed by atoms with van der Waals surface area (Å²) in [4.78, 5) is 21.0. The Morgan fingerprint density at radius 1 is 0.607 bits per heavy atom. The van der Waals surface area contributed by atoms with Gasteiger partial charge in [-0.15, -0.1) is 0 Å². The number of aryl methyl sites for hydroxylation is 2. The zero-order chi connectivity index (χ0) is 20.2. The number of carboxylic acid groups (broad SMARTS) is 2. The standard InChI is InChI=1S/C22H28N2O4/c25-21(26)7-3-1-5-13-23-15-9-19(10-16-23)20-11-17-24(18-12-20)14-6-2-4-8-22(27)28/h9-12,15-18H,1-8,13-14H2/p+2. The summed E-state index contributed by atoms with van der Waals surface area (Å²) in [5, 5.41) is 17.3. The Balaban J connectivity index is 1.75. The van der Waals surface area contributed by atoms with Gasteiger partial charge >= 0.3 is 11.9 Å². The number of carboxylic acids is 2. The lowest BCUT2D eigenvalue weighted by Gasteiger charge is -2.02. The van der Waals surface area contributed by atoms with Gasteiger partial charge in [0, 0.05) is 49.9 Å². The van der Waals surface area contributed by atoms with E-state index in [2.05, 4.69) is 58.2 Å². The molecule has 6 nitrogen and oxygen atoms in total. The minimum atomic E-state index is -0.723. The first-order chi connectivity index (χ1) is 13.5. The third kappa shape index (κ3) is 8.29. The van der Waals surface area contributed by atoms with Crippen molar-refractivity contribution in [2.24, 2.45) is 0 Å². The second-order valence-electron chi connectivity index (χ2n) is 7.06. The van der Waals surface area contributed by atoms with Crippen LogP contribution in [0.15, 0.2) is 49.1 Å². The molecule has 2 aromatic heterocycles. The molecule has 0 aliphatic heterocycles. The molecule has 2 heterocycles. The van der Waals surface area contributed by atoms with Crippen LogP contribution in [-0.4, -0.2) is 22.2 Å². The first-order valence-electron chi connectivity index (χ1n) is 9.97. The maximum Gasteiger partial charge on any atom is 0.303 e. The monoisotopic (exact) mass is 386 g/mol. The van der Waals surface area contributed by atoms with Gasteiger partial charge in [-0.25, -0.2) is 9.13 Å². The Hall–Kier alpha value is -2.76. The van der Waals surface area contributed by atoms with Crippen molar-refractivity contribution < 1.29 is 28.9 Å². The summed E-state index contributed by atoms with van der Waals surface area (Å²) >= 11 is 0. The Bertz CT molecular complexity index is 677. The number of rotatable bonds is 13. The third-order valence-electron chi connectivity index (χ3n) is 4.73. The highest BCUT2D eigenvalue weighted by molar-refractivity contribution is 5.66. The van der Waals surface area contributed by atoms with Gasteiger partial charge in [0.15, 0.2) is 24.8 Å². The molecule has 0 unspecified atom stereocenters. The van der Waals surface area contributed by atoms with Gasteiger partial charge in [0.1, 0.15) is 13.1 Å². The molecule has 0 saturated heterocycles. The fourth-order valence-corrected chi connectivity index (χ4v) is 3.09. The van der Waals surface area contributed by atoms with Crippen molar-refractivity contribution in [3.05, 3.63) is 49.1 Å². The van der Waals surface area contributed by atoms with E-state index < -0.39 is 11.9 Å². The molecule has 0 bridgehead atoms. The molecule has 0 spiro atoms. The van der Waals surface area contributed by atoms with Crippen LogP contribution in [0, 0.1) is 0 Å². The number of hydrogen-bond donors (Lipinski definition) is 2. The van der Waals surface area contributed by atoms with E-state index in [1.807, 2.05) is 0 Å². The Labute approximate surface area is 166 Å². The smallest absolute Gasteiger partial charge is 0.303 e. The molecule has 2 N–H and O–H groups in total. The van der Waals surface area contributed by atoms with Gasteiger partial charge in [-0.3, -0.25) is 9.59 Å². The van der Waals surface area contributed by atoms with Crippen LogP contribution in [0.25, 0.3) is 11.1 Å². The molecule has 2 rings (SSSR count). The molecule has 0 atom stereocenters. The summed E-state index contributed by atoms with van der Waals surface area (Å²) < 4.78 is 4.26. The van der Waals surface area contributed by atoms with E-state index in [0.29, 0.717) is 0 Å². The highest BCUT2D eigenvalue weighted by Gasteiger charge is 2.06. The summed E-state index contributed by atoms with van der Waals surface area (Å²) in [5.41, 5.74) is 2.33. The lowest BCUT2D eigenvalue weighted by molar-refractivity contribution is -0.697. The quantitative estimate of drug-likeness (QED) is 0.409. The first kappa shape index (κ1) is 21.5. The highest BCUT2D eigenvalue weighted by Crippen LogP contribution is 2.15. The Morgan fingerprint density at radius 3 is 1.29 bits per heavy atom. The lowest BCUT2D eigenvalue weighted by atomic mass is 10.1. The highest BCUT2D eigenvalue weighted by atomic mass is 16.4. The number of pyridine rings is 2. The molecule has 0 aromatic carbocycles. The maximum atomic E-state index is 10.5. The van der Waals surface area contributed by atoms with E-state index in [0.717, 1.165) is 62.7 Å². The first-order valence-corrected chi connectivity index (χ1v) is 9.97. The van der Waals surface area contributed by atoms with Gasteiger partial charge in [0.05, 0.1) is 0 Å². The van der Waals surface area contributed by atoms with Crippen LogP contribution in [-0.2, 0) is 22.7 Å². The number of unbranched alkanes of at least 4 members (excludes halogenated alkanes) is 4. The number of hydrogen-bond acceptors (Lipinski definition) is 2. The molecule has 6 heteroatoms. The molecule has 0 saturated carbocycles. The molecule has 0 radical (unpaired) electrons. The number of aromatic nitrogens is 2. The van der Waals surface area contributed by atoms with Crippen molar-refractivity contribution in [1.82, 2.24) is 0 Å². The van der Waals surface area contributed by atoms with Gasteiger partial charge in [-0.1, -0.05) is 0 Å². The number of carbonyl (C=O) groups is 2.